The second kappa shape index (κ2) is 9.66. The first-order valence-corrected chi connectivity index (χ1v) is 9.79. The Morgan fingerprint density at radius 3 is 1.89 bits per heavy atom. The lowest BCUT2D eigenvalue weighted by Crippen LogP contribution is -2.24. The molecule has 1 fully saturated rings. The molecule has 1 aliphatic rings. The molecule has 0 aromatic rings. The molecule has 0 saturated carbocycles. The minimum Gasteiger partial charge on any atom is -0.106 e. The van der Waals surface area contributed by atoms with Gasteiger partial charge in [-0.15, -0.1) is 23.5 Å². The summed E-state index contributed by atoms with van der Waals surface area (Å²) in [7, 11) is 0. The third-order valence-corrected chi connectivity index (χ3v) is 7.20. The summed E-state index contributed by atoms with van der Waals surface area (Å²) in [4.78, 5) is 0. The lowest BCUT2D eigenvalue weighted by Gasteiger charge is -2.27. The van der Waals surface area contributed by atoms with Crippen LogP contribution in [-0.2, 0) is 0 Å². The van der Waals surface area contributed by atoms with Gasteiger partial charge in [-0.05, 0) is 12.8 Å². The van der Waals surface area contributed by atoms with E-state index < -0.39 is 0 Å². The fourth-order valence-electron chi connectivity index (χ4n) is 2.55. The quantitative estimate of drug-likeness (QED) is 0.337. The lowest BCUT2D eigenvalue weighted by atomic mass is 9.95. The molecule has 0 bridgehead atoms. The van der Waals surface area contributed by atoms with Crippen molar-refractivity contribution in [2.45, 2.75) is 82.8 Å². The first-order valence-electron chi connectivity index (χ1n) is 7.58. The van der Waals surface area contributed by atoms with Crippen LogP contribution in [0.15, 0.2) is 0 Å². The summed E-state index contributed by atoms with van der Waals surface area (Å²) >= 11 is 9.35. The number of rotatable bonds is 10. The maximum absolute atomic E-state index is 5.40. The molecule has 0 radical (unpaired) electrons. The number of thiocarbonyl (C=S) groups is 1. The molecule has 106 valence electrons. The Labute approximate surface area is 127 Å². The van der Waals surface area contributed by atoms with Crippen molar-refractivity contribution in [3.63, 3.8) is 0 Å². The average Bonchev–Trinajstić information content (AvgIpc) is 2.73. The van der Waals surface area contributed by atoms with Crippen LogP contribution >= 0.6 is 35.7 Å². The minimum atomic E-state index is 0.503. The molecule has 0 nitrogen and oxygen atoms in total. The van der Waals surface area contributed by atoms with E-state index in [0.717, 1.165) is 0 Å². The molecule has 1 saturated heterocycles. The van der Waals surface area contributed by atoms with Crippen LogP contribution in [-0.4, -0.2) is 14.0 Å². The fraction of sp³-hybridized carbons (Fsp3) is 0.933. The number of hydrogen-bond acceptors (Lipinski definition) is 3. The minimum absolute atomic E-state index is 0.503. The summed E-state index contributed by atoms with van der Waals surface area (Å²) < 4.78 is 1.70. The van der Waals surface area contributed by atoms with Gasteiger partial charge in [0.25, 0.3) is 0 Å². The van der Waals surface area contributed by atoms with Crippen LogP contribution in [0.1, 0.15) is 78.1 Å². The van der Waals surface area contributed by atoms with Gasteiger partial charge >= 0.3 is 0 Å². The van der Waals surface area contributed by atoms with E-state index in [-0.39, 0.29) is 0 Å². The topological polar surface area (TPSA) is 0 Å². The molecule has 0 spiro atoms. The van der Waals surface area contributed by atoms with Crippen LogP contribution in [0, 0.1) is 0 Å². The molecule has 3 heteroatoms. The van der Waals surface area contributed by atoms with Gasteiger partial charge in [0.15, 0.2) is 0 Å². The van der Waals surface area contributed by atoms with E-state index in [1.165, 1.54) is 73.5 Å². The molecule has 0 atom stereocenters. The smallest absolute Gasteiger partial charge is 0.104 e. The number of unbranched alkanes of at least 4 members (excludes halogenated alkanes) is 6. The van der Waals surface area contributed by atoms with Gasteiger partial charge in [0.1, 0.15) is 3.53 Å². The zero-order valence-electron chi connectivity index (χ0n) is 12.0. The Balaban J connectivity index is 2.31. The molecule has 0 aromatic carbocycles. The lowest BCUT2D eigenvalue weighted by molar-refractivity contribution is 0.482. The predicted molar refractivity (Wildman–Crippen MR) is 92.9 cm³/mol. The van der Waals surface area contributed by atoms with E-state index in [1.54, 1.807) is 0 Å². The molecule has 1 aliphatic heterocycles. The Morgan fingerprint density at radius 2 is 1.50 bits per heavy atom. The summed E-state index contributed by atoms with van der Waals surface area (Å²) in [5.41, 5.74) is 0. The maximum Gasteiger partial charge on any atom is 0.104 e. The zero-order valence-corrected chi connectivity index (χ0v) is 14.5. The van der Waals surface area contributed by atoms with Gasteiger partial charge < -0.3 is 0 Å². The highest BCUT2D eigenvalue weighted by atomic mass is 32.2. The SMILES string of the molecule is CCCCCCC1(CCCCCC)CSC(=S)S1. The zero-order chi connectivity index (χ0) is 13.3. The summed E-state index contributed by atoms with van der Waals surface area (Å²) in [6.07, 6.45) is 13.9. The fourth-order valence-corrected chi connectivity index (χ4v) is 6.12. The molecule has 18 heavy (non-hydrogen) atoms. The van der Waals surface area contributed by atoms with E-state index in [4.69, 9.17) is 12.2 Å². The second-order valence-corrected chi connectivity index (χ2v) is 9.09. The van der Waals surface area contributed by atoms with Crippen molar-refractivity contribution in [3.8, 4) is 0 Å². The van der Waals surface area contributed by atoms with Gasteiger partial charge in [-0.1, -0.05) is 77.4 Å². The molecule has 0 unspecified atom stereocenters. The van der Waals surface area contributed by atoms with Crippen LogP contribution in [0.25, 0.3) is 0 Å². The summed E-state index contributed by atoms with van der Waals surface area (Å²) in [5, 5.41) is 0. The molecule has 1 rings (SSSR count). The van der Waals surface area contributed by atoms with Crippen molar-refractivity contribution in [2.75, 3.05) is 5.75 Å². The van der Waals surface area contributed by atoms with E-state index in [2.05, 4.69) is 13.8 Å². The van der Waals surface area contributed by atoms with Crippen LogP contribution < -0.4 is 0 Å². The van der Waals surface area contributed by atoms with E-state index >= 15 is 0 Å². The summed E-state index contributed by atoms with van der Waals surface area (Å²) in [5.74, 6) is 1.27. The van der Waals surface area contributed by atoms with Gasteiger partial charge in [-0.2, -0.15) is 0 Å². The average molecular weight is 305 g/mol. The maximum atomic E-state index is 5.40. The highest BCUT2D eigenvalue weighted by Gasteiger charge is 2.36. The van der Waals surface area contributed by atoms with E-state index in [1.807, 2.05) is 23.5 Å². The van der Waals surface area contributed by atoms with Crippen molar-refractivity contribution < 1.29 is 0 Å². The first kappa shape index (κ1) is 16.8. The van der Waals surface area contributed by atoms with Crippen molar-refractivity contribution in [3.05, 3.63) is 0 Å². The Bertz CT molecular complexity index is 226. The molecule has 0 N–H and O–H groups in total. The molecular weight excluding hydrogens is 276 g/mol. The van der Waals surface area contributed by atoms with Crippen molar-refractivity contribution >= 4 is 39.3 Å². The standard InChI is InChI=1S/C15H28S3/c1-3-5-7-9-11-15(12-10-8-6-4-2)13-17-14(16)18-15/h3-13H2,1-2H3. The summed E-state index contributed by atoms with van der Waals surface area (Å²) in [6.45, 7) is 4.58. The first-order chi connectivity index (χ1) is 8.72. The highest BCUT2D eigenvalue weighted by molar-refractivity contribution is 8.49. The third-order valence-electron chi connectivity index (χ3n) is 3.72. The van der Waals surface area contributed by atoms with Gasteiger partial charge in [0, 0.05) is 10.5 Å². The van der Waals surface area contributed by atoms with Crippen LogP contribution in [0.2, 0.25) is 0 Å². The predicted octanol–water partition coefficient (Wildman–Crippen LogP) is 6.43. The van der Waals surface area contributed by atoms with Crippen molar-refractivity contribution in [1.82, 2.24) is 0 Å². The largest absolute Gasteiger partial charge is 0.106 e. The molecule has 0 amide bonds. The third kappa shape index (κ3) is 6.29. The van der Waals surface area contributed by atoms with Gasteiger partial charge in [-0.25, -0.2) is 0 Å². The normalized spacial score (nSPS) is 18.4. The van der Waals surface area contributed by atoms with E-state index in [0.29, 0.717) is 4.75 Å². The van der Waals surface area contributed by atoms with Gasteiger partial charge in [-0.3, -0.25) is 0 Å². The van der Waals surface area contributed by atoms with Crippen LogP contribution in [0.4, 0.5) is 0 Å². The monoisotopic (exact) mass is 304 g/mol. The molecule has 0 aliphatic carbocycles. The number of hydrogen-bond donors (Lipinski definition) is 0. The van der Waals surface area contributed by atoms with Crippen LogP contribution in [0.5, 0.6) is 0 Å². The molecular formula is C15H28S3. The number of thioether (sulfide) groups is 2. The van der Waals surface area contributed by atoms with Gasteiger partial charge in [0.2, 0.25) is 0 Å². The summed E-state index contributed by atoms with van der Waals surface area (Å²) in [6, 6.07) is 0. The Hall–Kier alpha value is 0.790. The van der Waals surface area contributed by atoms with Crippen molar-refractivity contribution in [2.24, 2.45) is 0 Å². The van der Waals surface area contributed by atoms with Crippen LogP contribution in [0.3, 0.4) is 0 Å². The molecule has 0 aromatic heterocycles. The van der Waals surface area contributed by atoms with Gasteiger partial charge in [0.05, 0.1) is 0 Å². The van der Waals surface area contributed by atoms with Crippen molar-refractivity contribution in [1.29, 1.82) is 0 Å². The molecule has 1 heterocycles. The second-order valence-electron chi connectivity index (χ2n) is 5.45. The highest BCUT2D eigenvalue weighted by Crippen LogP contribution is 2.48. The van der Waals surface area contributed by atoms with E-state index in [9.17, 15) is 0 Å². The Kier molecular flexibility index (Phi) is 9.04. The Morgan fingerprint density at radius 1 is 0.944 bits per heavy atom.